The van der Waals surface area contributed by atoms with Gasteiger partial charge in [0.15, 0.2) is 0 Å². The molecule has 1 aliphatic rings. The van der Waals surface area contributed by atoms with Gasteiger partial charge in [-0.25, -0.2) is 0 Å². The summed E-state index contributed by atoms with van der Waals surface area (Å²) in [7, 11) is 0. The van der Waals surface area contributed by atoms with Crippen LogP contribution in [0.5, 0.6) is 0 Å². The number of rotatable bonds is 2. The van der Waals surface area contributed by atoms with Crippen molar-refractivity contribution in [1.29, 1.82) is 0 Å². The lowest BCUT2D eigenvalue weighted by atomic mass is 9.93. The van der Waals surface area contributed by atoms with Crippen LogP contribution in [0.4, 0.5) is 5.69 Å². The molecule has 0 bridgehead atoms. The second-order valence-electron chi connectivity index (χ2n) is 4.76. The predicted octanol–water partition coefficient (Wildman–Crippen LogP) is 2.75. The van der Waals surface area contributed by atoms with E-state index in [0.29, 0.717) is 11.6 Å². The normalized spacial score (nSPS) is 15.4. The highest BCUT2D eigenvalue weighted by Crippen LogP contribution is 2.29. The van der Waals surface area contributed by atoms with E-state index in [4.69, 9.17) is 10.5 Å². The molecule has 0 unspecified atom stereocenters. The van der Waals surface area contributed by atoms with E-state index in [0.717, 1.165) is 24.5 Å². The number of pyridine rings is 1. The molecule has 92 valence electrons. The molecular formula is C15H16N2O. The Morgan fingerprint density at radius 1 is 1.28 bits per heavy atom. The van der Waals surface area contributed by atoms with Crippen molar-refractivity contribution >= 4 is 5.69 Å². The van der Waals surface area contributed by atoms with E-state index in [1.807, 2.05) is 13.0 Å². The van der Waals surface area contributed by atoms with Crippen LogP contribution in [0.25, 0.3) is 11.1 Å². The lowest BCUT2D eigenvalue weighted by Gasteiger charge is -2.26. The summed E-state index contributed by atoms with van der Waals surface area (Å²) in [6, 6.07) is 10.6. The van der Waals surface area contributed by atoms with E-state index in [9.17, 15) is 0 Å². The van der Waals surface area contributed by atoms with Crippen LogP contribution in [-0.2, 0) is 4.74 Å². The highest BCUT2D eigenvalue weighted by atomic mass is 16.5. The maximum Gasteiger partial charge on any atom is 0.0557 e. The summed E-state index contributed by atoms with van der Waals surface area (Å²) in [4.78, 5) is 4.31. The van der Waals surface area contributed by atoms with Gasteiger partial charge in [0, 0.05) is 17.2 Å². The SMILES string of the molecule is Cc1ncc(N)cc1-c1cccc(C2COC2)c1. The topological polar surface area (TPSA) is 48.1 Å². The summed E-state index contributed by atoms with van der Waals surface area (Å²) < 4.78 is 5.25. The summed E-state index contributed by atoms with van der Waals surface area (Å²) in [6.07, 6.45) is 1.70. The lowest BCUT2D eigenvalue weighted by Crippen LogP contribution is -2.24. The van der Waals surface area contributed by atoms with Gasteiger partial charge in [-0.15, -0.1) is 0 Å². The number of ether oxygens (including phenoxy) is 1. The summed E-state index contributed by atoms with van der Waals surface area (Å²) in [5.41, 5.74) is 11.1. The monoisotopic (exact) mass is 240 g/mol. The third kappa shape index (κ3) is 1.97. The molecule has 18 heavy (non-hydrogen) atoms. The number of nitrogens with zero attached hydrogens (tertiary/aromatic N) is 1. The van der Waals surface area contributed by atoms with Crippen LogP contribution < -0.4 is 5.73 Å². The van der Waals surface area contributed by atoms with E-state index in [1.54, 1.807) is 6.20 Å². The molecule has 2 N–H and O–H groups in total. The molecule has 0 spiro atoms. The molecule has 1 aromatic heterocycles. The number of nitrogens with two attached hydrogens (primary N) is 1. The molecule has 1 aliphatic heterocycles. The van der Waals surface area contributed by atoms with Crippen molar-refractivity contribution < 1.29 is 4.74 Å². The molecule has 2 heterocycles. The minimum Gasteiger partial charge on any atom is -0.397 e. The van der Waals surface area contributed by atoms with Crippen LogP contribution in [0.1, 0.15) is 17.2 Å². The van der Waals surface area contributed by atoms with Crippen LogP contribution in [0.3, 0.4) is 0 Å². The quantitative estimate of drug-likeness (QED) is 0.878. The minimum atomic E-state index is 0.541. The van der Waals surface area contributed by atoms with E-state index in [2.05, 4.69) is 29.2 Å². The zero-order valence-corrected chi connectivity index (χ0v) is 10.4. The molecule has 1 aromatic carbocycles. The Morgan fingerprint density at radius 2 is 2.11 bits per heavy atom. The van der Waals surface area contributed by atoms with Gasteiger partial charge in [0.05, 0.1) is 25.1 Å². The van der Waals surface area contributed by atoms with E-state index in [-0.39, 0.29) is 0 Å². The Labute approximate surface area is 107 Å². The minimum absolute atomic E-state index is 0.541. The number of benzene rings is 1. The Morgan fingerprint density at radius 3 is 2.83 bits per heavy atom. The molecule has 3 heteroatoms. The number of aromatic nitrogens is 1. The Kier molecular flexibility index (Phi) is 2.76. The fourth-order valence-corrected chi connectivity index (χ4v) is 2.23. The van der Waals surface area contributed by atoms with Gasteiger partial charge in [0.1, 0.15) is 0 Å². The molecule has 0 saturated carbocycles. The predicted molar refractivity (Wildman–Crippen MR) is 72.4 cm³/mol. The van der Waals surface area contributed by atoms with Gasteiger partial charge in [-0.3, -0.25) is 4.98 Å². The molecule has 1 saturated heterocycles. The average molecular weight is 240 g/mol. The number of aryl methyl sites for hydroxylation is 1. The maximum absolute atomic E-state index is 5.82. The summed E-state index contributed by atoms with van der Waals surface area (Å²) in [5.74, 6) is 0.541. The second kappa shape index (κ2) is 4.42. The number of hydrogen-bond acceptors (Lipinski definition) is 3. The van der Waals surface area contributed by atoms with Gasteiger partial charge in [0.2, 0.25) is 0 Å². The van der Waals surface area contributed by atoms with Crippen molar-refractivity contribution in [2.75, 3.05) is 18.9 Å². The number of hydrogen-bond donors (Lipinski definition) is 1. The van der Waals surface area contributed by atoms with Crippen LogP contribution in [0.2, 0.25) is 0 Å². The molecule has 3 rings (SSSR count). The molecule has 0 amide bonds. The highest BCUT2D eigenvalue weighted by molar-refractivity contribution is 5.69. The van der Waals surface area contributed by atoms with E-state index in [1.165, 1.54) is 11.1 Å². The van der Waals surface area contributed by atoms with Crippen molar-refractivity contribution in [1.82, 2.24) is 4.98 Å². The zero-order chi connectivity index (χ0) is 12.5. The van der Waals surface area contributed by atoms with Gasteiger partial charge < -0.3 is 10.5 Å². The molecule has 3 nitrogen and oxygen atoms in total. The van der Waals surface area contributed by atoms with E-state index < -0.39 is 0 Å². The first-order valence-electron chi connectivity index (χ1n) is 6.14. The number of anilines is 1. The van der Waals surface area contributed by atoms with Gasteiger partial charge in [-0.05, 0) is 24.1 Å². The molecule has 0 aliphatic carbocycles. The summed E-state index contributed by atoms with van der Waals surface area (Å²) in [6.45, 7) is 3.67. The third-order valence-corrected chi connectivity index (χ3v) is 3.42. The first-order chi connectivity index (χ1) is 8.74. The Bertz CT molecular complexity index is 576. The summed E-state index contributed by atoms with van der Waals surface area (Å²) >= 11 is 0. The van der Waals surface area contributed by atoms with E-state index >= 15 is 0 Å². The van der Waals surface area contributed by atoms with Gasteiger partial charge >= 0.3 is 0 Å². The second-order valence-corrected chi connectivity index (χ2v) is 4.76. The van der Waals surface area contributed by atoms with Crippen molar-refractivity contribution in [3.63, 3.8) is 0 Å². The number of nitrogen functional groups attached to an aromatic ring is 1. The van der Waals surface area contributed by atoms with Crippen LogP contribution in [-0.4, -0.2) is 18.2 Å². The van der Waals surface area contributed by atoms with Gasteiger partial charge in [-0.2, -0.15) is 0 Å². The molecule has 0 atom stereocenters. The van der Waals surface area contributed by atoms with Crippen molar-refractivity contribution in [2.24, 2.45) is 0 Å². The lowest BCUT2D eigenvalue weighted by molar-refractivity contribution is 0.00844. The maximum atomic E-state index is 5.82. The van der Waals surface area contributed by atoms with Crippen molar-refractivity contribution in [2.45, 2.75) is 12.8 Å². The smallest absolute Gasteiger partial charge is 0.0557 e. The molecule has 1 fully saturated rings. The van der Waals surface area contributed by atoms with Crippen LogP contribution in [0.15, 0.2) is 36.5 Å². The largest absolute Gasteiger partial charge is 0.397 e. The molecular weight excluding hydrogens is 224 g/mol. The third-order valence-electron chi connectivity index (χ3n) is 3.42. The zero-order valence-electron chi connectivity index (χ0n) is 10.4. The van der Waals surface area contributed by atoms with Crippen LogP contribution in [0, 0.1) is 6.92 Å². The first kappa shape index (κ1) is 11.2. The summed E-state index contributed by atoms with van der Waals surface area (Å²) in [5, 5.41) is 0. The Hall–Kier alpha value is -1.87. The standard InChI is InChI=1S/C15H16N2O/c1-10-15(6-14(16)7-17-10)12-4-2-3-11(5-12)13-8-18-9-13/h2-7,13H,8-9,16H2,1H3. The van der Waals surface area contributed by atoms with Crippen LogP contribution >= 0.6 is 0 Å². The van der Waals surface area contributed by atoms with Gasteiger partial charge in [-0.1, -0.05) is 24.3 Å². The van der Waals surface area contributed by atoms with Crippen molar-refractivity contribution in [3.05, 3.63) is 47.8 Å². The Balaban J connectivity index is 2.02. The fraction of sp³-hybridized carbons (Fsp3) is 0.267. The molecule has 2 aromatic rings. The molecule has 0 radical (unpaired) electrons. The van der Waals surface area contributed by atoms with Crippen molar-refractivity contribution in [3.8, 4) is 11.1 Å². The van der Waals surface area contributed by atoms with Gasteiger partial charge in [0.25, 0.3) is 0 Å². The average Bonchev–Trinajstić information content (AvgIpc) is 2.30. The first-order valence-corrected chi connectivity index (χ1v) is 6.14. The highest BCUT2D eigenvalue weighted by Gasteiger charge is 2.20. The fourth-order valence-electron chi connectivity index (χ4n) is 2.23.